The number of carbonyl (C=O) groups excluding carboxylic acids is 2. The minimum atomic E-state index is -0.953. The first-order valence-electron chi connectivity index (χ1n) is 5.01. The van der Waals surface area contributed by atoms with Gasteiger partial charge in [-0.3, -0.25) is 9.59 Å². The van der Waals surface area contributed by atoms with E-state index in [2.05, 4.69) is 5.32 Å². The molecule has 0 aliphatic rings. The molecule has 2 amide bonds. The number of anilines is 1. The van der Waals surface area contributed by atoms with E-state index in [1.54, 1.807) is 25.1 Å². The third-order valence-electron chi connectivity index (χ3n) is 2.28. The van der Waals surface area contributed by atoms with Crippen molar-refractivity contribution in [2.75, 3.05) is 5.32 Å². The summed E-state index contributed by atoms with van der Waals surface area (Å²) >= 11 is 5.90. The number of amides is 2. The van der Waals surface area contributed by atoms with Crippen molar-refractivity contribution in [1.29, 1.82) is 0 Å². The van der Waals surface area contributed by atoms with E-state index in [1.165, 1.54) is 0 Å². The topological polar surface area (TPSA) is 98.2 Å². The zero-order valence-corrected chi connectivity index (χ0v) is 10.1. The van der Waals surface area contributed by atoms with Gasteiger partial charge in [0.15, 0.2) is 0 Å². The zero-order chi connectivity index (χ0) is 13.0. The third-order valence-corrected chi connectivity index (χ3v) is 2.69. The van der Waals surface area contributed by atoms with Gasteiger partial charge in [0.25, 0.3) is 0 Å². The van der Waals surface area contributed by atoms with E-state index >= 15 is 0 Å². The van der Waals surface area contributed by atoms with Crippen molar-refractivity contribution < 1.29 is 9.59 Å². The Hall–Kier alpha value is -1.59. The molecule has 1 atom stereocenters. The van der Waals surface area contributed by atoms with Gasteiger partial charge in [0.2, 0.25) is 11.8 Å². The van der Waals surface area contributed by atoms with Crippen LogP contribution < -0.4 is 16.8 Å². The number of nitrogens with two attached hydrogens (primary N) is 2. The Labute approximate surface area is 104 Å². The minimum Gasteiger partial charge on any atom is -0.370 e. The van der Waals surface area contributed by atoms with Crippen molar-refractivity contribution in [3.8, 4) is 0 Å². The van der Waals surface area contributed by atoms with Crippen molar-refractivity contribution in [2.45, 2.75) is 19.4 Å². The normalized spacial score (nSPS) is 11.9. The number of halogens is 1. The summed E-state index contributed by atoms with van der Waals surface area (Å²) in [4.78, 5) is 22.3. The molecule has 0 aromatic heterocycles. The summed E-state index contributed by atoms with van der Waals surface area (Å²) in [7, 11) is 0. The van der Waals surface area contributed by atoms with E-state index in [4.69, 9.17) is 23.1 Å². The monoisotopic (exact) mass is 255 g/mol. The minimum absolute atomic E-state index is 0.189. The Bertz CT molecular complexity index is 448. The van der Waals surface area contributed by atoms with Crippen LogP contribution >= 0.6 is 11.6 Å². The lowest BCUT2D eigenvalue weighted by molar-refractivity contribution is -0.123. The van der Waals surface area contributed by atoms with Crippen LogP contribution in [0.15, 0.2) is 18.2 Å². The molecule has 0 aliphatic carbocycles. The van der Waals surface area contributed by atoms with E-state index in [-0.39, 0.29) is 6.42 Å². The van der Waals surface area contributed by atoms with Gasteiger partial charge in [-0.15, -0.1) is 0 Å². The van der Waals surface area contributed by atoms with E-state index in [1.807, 2.05) is 0 Å². The molecule has 0 spiro atoms. The number of benzene rings is 1. The number of rotatable bonds is 4. The van der Waals surface area contributed by atoms with Crippen LogP contribution in [0.1, 0.15) is 12.0 Å². The SMILES string of the molecule is Cc1c(Cl)cccc1NC(=O)C(N)CC(N)=O. The van der Waals surface area contributed by atoms with Gasteiger partial charge >= 0.3 is 0 Å². The van der Waals surface area contributed by atoms with Gasteiger partial charge in [0.05, 0.1) is 12.5 Å². The van der Waals surface area contributed by atoms with Gasteiger partial charge in [-0.1, -0.05) is 17.7 Å². The highest BCUT2D eigenvalue weighted by atomic mass is 35.5. The van der Waals surface area contributed by atoms with E-state index in [9.17, 15) is 9.59 Å². The van der Waals surface area contributed by atoms with Crippen LogP contribution in [-0.4, -0.2) is 17.9 Å². The maximum Gasteiger partial charge on any atom is 0.241 e. The Balaban J connectivity index is 2.74. The Morgan fingerprint density at radius 1 is 1.47 bits per heavy atom. The summed E-state index contributed by atoms with van der Waals surface area (Å²) in [5, 5.41) is 3.15. The third kappa shape index (κ3) is 3.72. The lowest BCUT2D eigenvalue weighted by atomic mass is 10.1. The molecule has 5 nitrogen and oxygen atoms in total. The quantitative estimate of drug-likeness (QED) is 0.742. The van der Waals surface area contributed by atoms with Crippen molar-refractivity contribution in [3.63, 3.8) is 0 Å². The summed E-state index contributed by atoms with van der Waals surface area (Å²) in [6, 6.07) is 4.18. The zero-order valence-electron chi connectivity index (χ0n) is 9.37. The Morgan fingerprint density at radius 3 is 2.71 bits per heavy atom. The first kappa shape index (κ1) is 13.5. The summed E-state index contributed by atoms with van der Waals surface area (Å²) in [6.45, 7) is 1.78. The fourth-order valence-corrected chi connectivity index (χ4v) is 1.45. The van der Waals surface area contributed by atoms with Crippen molar-refractivity contribution in [2.24, 2.45) is 11.5 Å². The van der Waals surface area contributed by atoms with Crippen LogP contribution in [0, 0.1) is 6.92 Å². The number of hydrogen-bond donors (Lipinski definition) is 3. The lowest BCUT2D eigenvalue weighted by Crippen LogP contribution is -2.39. The van der Waals surface area contributed by atoms with E-state index in [0.29, 0.717) is 10.7 Å². The highest BCUT2D eigenvalue weighted by Crippen LogP contribution is 2.22. The molecule has 1 aromatic carbocycles. The molecule has 0 aliphatic heterocycles. The number of carbonyl (C=O) groups is 2. The fraction of sp³-hybridized carbons (Fsp3) is 0.273. The van der Waals surface area contributed by atoms with Crippen LogP contribution in [0.5, 0.6) is 0 Å². The molecule has 0 saturated carbocycles. The molecule has 92 valence electrons. The molecule has 0 fully saturated rings. The van der Waals surface area contributed by atoms with Crippen LogP contribution in [-0.2, 0) is 9.59 Å². The van der Waals surface area contributed by atoms with Crippen LogP contribution in [0.4, 0.5) is 5.69 Å². The molecular formula is C11H14ClN3O2. The van der Waals surface area contributed by atoms with Crippen LogP contribution in [0.2, 0.25) is 5.02 Å². The first-order chi connectivity index (χ1) is 7.91. The van der Waals surface area contributed by atoms with Gasteiger partial charge in [0.1, 0.15) is 0 Å². The molecule has 5 N–H and O–H groups in total. The molecular weight excluding hydrogens is 242 g/mol. The predicted octanol–water partition coefficient (Wildman–Crippen LogP) is 0.790. The summed E-state index contributed by atoms with van der Waals surface area (Å²) in [5.74, 6) is -1.08. The second-order valence-corrected chi connectivity index (χ2v) is 4.09. The lowest BCUT2D eigenvalue weighted by Gasteiger charge is -2.13. The van der Waals surface area contributed by atoms with Crippen LogP contribution in [0.25, 0.3) is 0 Å². The second-order valence-electron chi connectivity index (χ2n) is 3.68. The fourth-order valence-electron chi connectivity index (χ4n) is 1.28. The molecule has 0 bridgehead atoms. The van der Waals surface area contributed by atoms with Gasteiger partial charge < -0.3 is 16.8 Å². The number of primary amides is 1. The standard InChI is InChI=1S/C11H14ClN3O2/c1-6-7(12)3-2-4-9(6)15-11(17)8(13)5-10(14)16/h2-4,8H,5,13H2,1H3,(H2,14,16)(H,15,17). The first-order valence-corrected chi connectivity index (χ1v) is 5.39. The van der Waals surface area contributed by atoms with Gasteiger partial charge in [-0.2, -0.15) is 0 Å². The molecule has 1 unspecified atom stereocenters. The Morgan fingerprint density at radius 2 is 2.12 bits per heavy atom. The highest BCUT2D eigenvalue weighted by molar-refractivity contribution is 6.31. The average molecular weight is 256 g/mol. The van der Waals surface area contributed by atoms with Crippen molar-refractivity contribution in [1.82, 2.24) is 0 Å². The predicted molar refractivity (Wildman–Crippen MR) is 66.6 cm³/mol. The molecule has 0 saturated heterocycles. The van der Waals surface area contributed by atoms with Gasteiger partial charge in [0, 0.05) is 10.7 Å². The summed E-state index contributed by atoms with van der Waals surface area (Å²) in [5.41, 5.74) is 11.8. The summed E-state index contributed by atoms with van der Waals surface area (Å²) in [6.07, 6.45) is -0.189. The van der Waals surface area contributed by atoms with E-state index < -0.39 is 17.9 Å². The molecule has 0 radical (unpaired) electrons. The smallest absolute Gasteiger partial charge is 0.241 e. The summed E-state index contributed by atoms with van der Waals surface area (Å²) < 4.78 is 0. The number of hydrogen-bond acceptors (Lipinski definition) is 3. The van der Waals surface area contributed by atoms with Gasteiger partial charge in [-0.25, -0.2) is 0 Å². The van der Waals surface area contributed by atoms with Crippen molar-refractivity contribution in [3.05, 3.63) is 28.8 Å². The molecule has 1 rings (SSSR count). The maximum absolute atomic E-state index is 11.6. The highest BCUT2D eigenvalue weighted by Gasteiger charge is 2.16. The van der Waals surface area contributed by atoms with E-state index in [0.717, 1.165) is 5.56 Å². The number of nitrogens with one attached hydrogen (secondary N) is 1. The largest absolute Gasteiger partial charge is 0.370 e. The van der Waals surface area contributed by atoms with Crippen molar-refractivity contribution >= 4 is 29.1 Å². The molecule has 0 heterocycles. The molecule has 6 heteroatoms. The second kappa shape index (κ2) is 5.65. The van der Waals surface area contributed by atoms with Gasteiger partial charge in [-0.05, 0) is 24.6 Å². The molecule has 1 aromatic rings. The Kier molecular flexibility index (Phi) is 4.48. The maximum atomic E-state index is 11.6. The average Bonchev–Trinajstić information content (AvgIpc) is 2.23. The van der Waals surface area contributed by atoms with Crippen LogP contribution in [0.3, 0.4) is 0 Å². The molecule has 17 heavy (non-hydrogen) atoms.